The van der Waals surface area contributed by atoms with Crippen molar-refractivity contribution in [2.24, 2.45) is 0 Å². The van der Waals surface area contributed by atoms with Gasteiger partial charge in [0, 0.05) is 12.5 Å². The van der Waals surface area contributed by atoms with Gasteiger partial charge < -0.3 is 10.3 Å². The van der Waals surface area contributed by atoms with Crippen molar-refractivity contribution >= 4 is 17.6 Å². The van der Waals surface area contributed by atoms with Crippen molar-refractivity contribution in [3.8, 4) is 0 Å². The fourth-order valence-electron chi connectivity index (χ4n) is 2.00. The van der Waals surface area contributed by atoms with E-state index in [1.54, 1.807) is 0 Å². The van der Waals surface area contributed by atoms with Crippen LogP contribution in [-0.2, 0) is 13.0 Å². The zero-order valence-corrected chi connectivity index (χ0v) is 12.3. The normalized spacial score (nSPS) is 11.4. The molecule has 98 valence electrons. The van der Waals surface area contributed by atoms with E-state index in [2.05, 4.69) is 31.6 Å². The van der Waals surface area contributed by atoms with Crippen LogP contribution in [0.2, 0.25) is 0 Å². The Morgan fingerprint density at radius 2 is 2.12 bits per heavy atom. The highest BCUT2D eigenvalue weighted by Gasteiger charge is 2.15. The predicted octanol–water partition coefficient (Wildman–Crippen LogP) is 3.29. The van der Waals surface area contributed by atoms with Crippen molar-refractivity contribution < 1.29 is 0 Å². The summed E-state index contributed by atoms with van der Waals surface area (Å²) in [6, 6.07) is 0. The Balaban J connectivity index is 2.87. The SMILES string of the molecule is CCCn1c(C(C)C)nc(CCCSC)c1N. The van der Waals surface area contributed by atoms with Crippen LogP contribution in [0.15, 0.2) is 0 Å². The molecule has 0 aromatic carbocycles. The molecule has 0 amide bonds. The molecule has 1 rings (SSSR count). The number of aryl methyl sites for hydroxylation is 1. The number of anilines is 1. The highest BCUT2D eigenvalue weighted by atomic mass is 32.2. The number of thioether (sulfide) groups is 1. The lowest BCUT2D eigenvalue weighted by Crippen LogP contribution is -2.08. The summed E-state index contributed by atoms with van der Waals surface area (Å²) < 4.78 is 2.19. The first-order chi connectivity index (χ1) is 8.11. The molecule has 1 aromatic rings. The minimum atomic E-state index is 0.443. The van der Waals surface area contributed by atoms with Crippen LogP contribution in [-0.4, -0.2) is 21.6 Å². The summed E-state index contributed by atoms with van der Waals surface area (Å²) in [4.78, 5) is 4.73. The van der Waals surface area contributed by atoms with Crippen LogP contribution in [0.5, 0.6) is 0 Å². The molecule has 0 radical (unpaired) electrons. The number of hydrogen-bond acceptors (Lipinski definition) is 3. The minimum Gasteiger partial charge on any atom is -0.384 e. The van der Waals surface area contributed by atoms with E-state index in [9.17, 15) is 0 Å². The third-order valence-corrected chi connectivity index (χ3v) is 3.54. The molecule has 0 aliphatic heterocycles. The number of nitrogen functional groups attached to an aromatic ring is 1. The number of nitrogens with two attached hydrogens (primary N) is 1. The Hall–Kier alpha value is -0.640. The number of hydrogen-bond donors (Lipinski definition) is 1. The molecule has 1 heterocycles. The van der Waals surface area contributed by atoms with Crippen LogP contribution in [0.25, 0.3) is 0 Å². The average Bonchev–Trinajstić information content (AvgIpc) is 2.59. The molecule has 0 unspecified atom stereocenters. The van der Waals surface area contributed by atoms with Gasteiger partial charge in [-0.3, -0.25) is 0 Å². The number of imidazole rings is 1. The first-order valence-corrected chi connectivity index (χ1v) is 7.84. The minimum absolute atomic E-state index is 0.443. The van der Waals surface area contributed by atoms with E-state index in [0.29, 0.717) is 5.92 Å². The summed E-state index contributed by atoms with van der Waals surface area (Å²) >= 11 is 1.88. The molecule has 0 atom stereocenters. The molecule has 0 saturated heterocycles. The zero-order chi connectivity index (χ0) is 12.8. The van der Waals surface area contributed by atoms with Gasteiger partial charge >= 0.3 is 0 Å². The topological polar surface area (TPSA) is 43.8 Å². The smallest absolute Gasteiger partial charge is 0.126 e. The lowest BCUT2D eigenvalue weighted by molar-refractivity contribution is 0.616. The lowest BCUT2D eigenvalue weighted by Gasteiger charge is -2.10. The van der Waals surface area contributed by atoms with Gasteiger partial charge in [0.2, 0.25) is 0 Å². The van der Waals surface area contributed by atoms with Crippen molar-refractivity contribution in [1.29, 1.82) is 0 Å². The standard InChI is InChI=1S/C13H25N3S/c1-5-8-16-12(14)11(7-6-9-17-4)15-13(16)10(2)3/h10H,5-9,14H2,1-4H3. The molecule has 1 aromatic heterocycles. The number of rotatable bonds is 7. The summed E-state index contributed by atoms with van der Waals surface area (Å²) in [5, 5.41) is 0. The molecule has 0 saturated carbocycles. The van der Waals surface area contributed by atoms with Crippen molar-refractivity contribution in [3.63, 3.8) is 0 Å². The van der Waals surface area contributed by atoms with Crippen LogP contribution < -0.4 is 5.73 Å². The van der Waals surface area contributed by atoms with Gasteiger partial charge in [-0.1, -0.05) is 20.8 Å². The quantitative estimate of drug-likeness (QED) is 0.760. The molecule has 0 aliphatic rings. The summed E-state index contributed by atoms with van der Waals surface area (Å²) in [5.41, 5.74) is 7.30. The molecular weight excluding hydrogens is 230 g/mol. The summed E-state index contributed by atoms with van der Waals surface area (Å²) in [7, 11) is 0. The van der Waals surface area contributed by atoms with Gasteiger partial charge in [-0.2, -0.15) is 11.8 Å². The highest BCUT2D eigenvalue weighted by molar-refractivity contribution is 7.98. The fourth-order valence-corrected chi connectivity index (χ4v) is 2.44. The monoisotopic (exact) mass is 255 g/mol. The summed E-state index contributed by atoms with van der Waals surface area (Å²) in [6.45, 7) is 7.52. The van der Waals surface area contributed by atoms with Gasteiger partial charge in [0.25, 0.3) is 0 Å². The third kappa shape index (κ3) is 3.66. The zero-order valence-electron chi connectivity index (χ0n) is 11.5. The Kier molecular flexibility index (Phi) is 5.89. The third-order valence-electron chi connectivity index (χ3n) is 2.84. The molecule has 2 N–H and O–H groups in total. The van der Waals surface area contributed by atoms with Gasteiger partial charge in [-0.05, 0) is 31.3 Å². The Morgan fingerprint density at radius 1 is 1.41 bits per heavy atom. The molecule has 0 bridgehead atoms. The van der Waals surface area contributed by atoms with Gasteiger partial charge in [0.05, 0.1) is 5.69 Å². The van der Waals surface area contributed by atoms with E-state index < -0.39 is 0 Å². The first kappa shape index (κ1) is 14.4. The molecular formula is C13H25N3S. The van der Waals surface area contributed by atoms with Gasteiger partial charge in [0.1, 0.15) is 11.6 Å². The van der Waals surface area contributed by atoms with E-state index >= 15 is 0 Å². The van der Waals surface area contributed by atoms with Crippen LogP contribution in [0.3, 0.4) is 0 Å². The lowest BCUT2D eigenvalue weighted by atomic mass is 10.2. The van der Waals surface area contributed by atoms with E-state index in [4.69, 9.17) is 10.7 Å². The van der Waals surface area contributed by atoms with E-state index in [1.165, 1.54) is 5.75 Å². The molecule has 3 nitrogen and oxygen atoms in total. The second-order valence-electron chi connectivity index (χ2n) is 4.70. The second-order valence-corrected chi connectivity index (χ2v) is 5.69. The van der Waals surface area contributed by atoms with Gasteiger partial charge in [-0.15, -0.1) is 0 Å². The molecule has 17 heavy (non-hydrogen) atoms. The predicted molar refractivity (Wildman–Crippen MR) is 77.7 cm³/mol. The van der Waals surface area contributed by atoms with E-state index in [-0.39, 0.29) is 0 Å². The van der Waals surface area contributed by atoms with Crippen molar-refractivity contribution in [1.82, 2.24) is 9.55 Å². The largest absolute Gasteiger partial charge is 0.384 e. The van der Waals surface area contributed by atoms with Crippen molar-refractivity contribution in [3.05, 3.63) is 11.5 Å². The van der Waals surface area contributed by atoms with Gasteiger partial charge in [-0.25, -0.2) is 4.98 Å². The maximum Gasteiger partial charge on any atom is 0.126 e. The van der Waals surface area contributed by atoms with Crippen molar-refractivity contribution in [2.75, 3.05) is 17.7 Å². The van der Waals surface area contributed by atoms with Crippen LogP contribution >= 0.6 is 11.8 Å². The Bertz CT molecular complexity index is 345. The van der Waals surface area contributed by atoms with Crippen LogP contribution in [0, 0.1) is 0 Å². The molecule has 4 heteroatoms. The number of nitrogens with zero attached hydrogens (tertiary/aromatic N) is 2. The van der Waals surface area contributed by atoms with Crippen LogP contribution in [0.1, 0.15) is 51.0 Å². The average molecular weight is 255 g/mol. The van der Waals surface area contributed by atoms with Crippen molar-refractivity contribution in [2.45, 2.75) is 52.5 Å². The maximum atomic E-state index is 6.20. The second kappa shape index (κ2) is 6.94. The molecule has 0 spiro atoms. The van der Waals surface area contributed by atoms with E-state index in [0.717, 1.165) is 43.1 Å². The fraction of sp³-hybridized carbons (Fsp3) is 0.769. The Labute approximate surface area is 109 Å². The van der Waals surface area contributed by atoms with Gasteiger partial charge in [0.15, 0.2) is 0 Å². The highest BCUT2D eigenvalue weighted by Crippen LogP contribution is 2.22. The summed E-state index contributed by atoms with van der Waals surface area (Å²) in [6.07, 6.45) is 5.40. The molecule has 0 aliphatic carbocycles. The summed E-state index contributed by atoms with van der Waals surface area (Å²) in [5.74, 6) is 3.65. The van der Waals surface area contributed by atoms with Crippen LogP contribution in [0.4, 0.5) is 5.82 Å². The van der Waals surface area contributed by atoms with E-state index in [1.807, 2.05) is 11.8 Å². The number of aromatic nitrogens is 2. The maximum absolute atomic E-state index is 6.20. The first-order valence-electron chi connectivity index (χ1n) is 6.45. The Morgan fingerprint density at radius 3 is 2.65 bits per heavy atom. The molecule has 0 fully saturated rings.